The van der Waals surface area contributed by atoms with Crippen molar-refractivity contribution in [3.63, 3.8) is 0 Å². The number of aryl methyl sites for hydroxylation is 1. The van der Waals surface area contributed by atoms with Crippen LogP contribution in [-0.2, 0) is 11.3 Å². The number of hydrogen-bond donors (Lipinski definition) is 1. The van der Waals surface area contributed by atoms with E-state index >= 15 is 0 Å². The predicted octanol–water partition coefficient (Wildman–Crippen LogP) is 2.76. The Kier molecular flexibility index (Phi) is 10.5. The molecule has 0 spiro atoms. The molecule has 210 valence electrons. The molecule has 0 saturated carbocycles. The van der Waals surface area contributed by atoms with Crippen molar-refractivity contribution in [2.24, 2.45) is 0 Å². The molecule has 0 aliphatic rings. The number of fused-ring (bicyclic) bond motifs is 2. The van der Waals surface area contributed by atoms with E-state index in [0.29, 0.717) is 5.56 Å². The molecule has 1 heterocycles. The van der Waals surface area contributed by atoms with Gasteiger partial charge >= 0.3 is 6.09 Å². The summed E-state index contributed by atoms with van der Waals surface area (Å²) in [7, 11) is 0. The zero-order valence-corrected chi connectivity index (χ0v) is 25.0. The number of carbonyl (C=O) groups excluding carboxylic acids is 2. The van der Waals surface area contributed by atoms with Gasteiger partial charge in [-0.15, -0.1) is 0 Å². The van der Waals surface area contributed by atoms with Gasteiger partial charge in [-0.05, 0) is 42.6 Å². The molecular formula is C33H32IN3O4. The lowest BCUT2D eigenvalue weighted by Gasteiger charge is -2.23. The third-order valence-corrected chi connectivity index (χ3v) is 6.68. The maximum absolute atomic E-state index is 13.7. The minimum absolute atomic E-state index is 0. The predicted molar refractivity (Wildman–Crippen MR) is 157 cm³/mol. The van der Waals surface area contributed by atoms with Crippen LogP contribution in [0.2, 0.25) is 0 Å². The highest BCUT2D eigenvalue weighted by atomic mass is 127. The first-order chi connectivity index (χ1) is 19.6. The summed E-state index contributed by atoms with van der Waals surface area (Å²) in [5.41, 5.74) is 2.40. The molecular weight excluding hydrogens is 629 g/mol. The molecule has 7 nitrogen and oxygen atoms in total. The summed E-state index contributed by atoms with van der Waals surface area (Å²) in [4.78, 5) is 27.8. The molecule has 0 atom stereocenters. The van der Waals surface area contributed by atoms with E-state index in [1.165, 1.54) is 0 Å². The van der Waals surface area contributed by atoms with Crippen LogP contribution >= 0.6 is 0 Å². The average Bonchev–Trinajstić information content (AvgIpc) is 3.01. The van der Waals surface area contributed by atoms with Crippen LogP contribution < -0.4 is 43.5 Å². The van der Waals surface area contributed by atoms with E-state index in [9.17, 15) is 9.59 Å². The molecule has 41 heavy (non-hydrogen) atoms. The van der Waals surface area contributed by atoms with Crippen molar-refractivity contribution >= 4 is 39.4 Å². The lowest BCUT2D eigenvalue weighted by Crippen LogP contribution is -3.00. The number of carbonyl (C=O) groups is 2. The minimum atomic E-state index is -0.559. The largest absolute Gasteiger partial charge is 1.00 e. The lowest BCUT2D eigenvalue weighted by molar-refractivity contribution is -0.667. The number of pyridine rings is 1. The monoisotopic (exact) mass is 661 g/mol. The van der Waals surface area contributed by atoms with E-state index in [4.69, 9.17) is 9.47 Å². The average molecular weight is 662 g/mol. The normalized spacial score (nSPS) is 10.6. The molecule has 0 saturated heterocycles. The SMILES string of the molecule is CC[n+]1cc(C(=O)N(CCNC(=O)OCCOc2cccc3ccccc23)c2ccccc2)cc2ccccc21.[I-]. The van der Waals surface area contributed by atoms with Gasteiger partial charge in [-0.3, -0.25) is 4.79 Å². The van der Waals surface area contributed by atoms with Crippen LogP contribution in [0.25, 0.3) is 21.7 Å². The molecule has 0 unspecified atom stereocenters. The Morgan fingerprint density at radius 3 is 2.34 bits per heavy atom. The molecule has 2 amide bonds. The number of halogens is 1. The molecule has 0 aliphatic carbocycles. The van der Waals surface area contributed by atoms with Gasteiger partial charge in [0.2, 0.25) is 5.52 Å². The Morgan fingerprint density at radius 2 is 1.54 bits per heavy atom. The van der Waals surface area contributed by atoms with Crippen LogP contribution in [0.1, 0.15) is 17.3 Å². The topological polar surface area (TPSA) is 71.8 Å². The summed E-state index contributed by atoms with van der Waals surface area (Å²) < 4.78 is 13.2. The van der Waals surface area contributed by atoms with Crippen LogP contribution in [0.15, 0.2) is 109 Å². The summed E-state index contributed by atoms with van der Waals surface area (Å²) in [6.45, 7) is 3.64. The van der Waals surface area contributed by atoms with Crippen molar-refractivity contribution in [1.29, 1.82) is 0 Å². The summed E-state index contributed by atoms with van der Waals surface area (Å²) >= 11 is 0. The standard InChI is InChI=1S/C33H31N3O4.HI/c1-2-35-24-27(23-26-12-7-9-17-30(26)35)32(37)36(28-14-4-3-5-15-28)20-19-34-33(38)40-22-21-39-31-18-10-13-25-11-6-8-16-29(25)31;/h3-18,23-24H,2,19-22H2,1H3;1H. The number of ether oxygens (including phenoxy) is 2. The van der Waals surface area contributed by atoms with Crippen LogP contribution in [0, 0.1) is 0 Å². The Hall–Kier alpha value is -4.18. The van der Waals surface area contributed by atoms with Gasteiger partial charge < -0.3 is 43.7 Å². The Labute approximate surface area is 256 Å². The van der Waals surface area contributed by atoms with Gasteiger partial charge in [-0.2, -0.15) is 4.57 Å². The van der Waals surface area contributed by atoms with Gasteiger partial charge in [-0.25, -0.2) is 4.79 Å². The second kappa shape index (κ2) is 14.5. The van der Waals surface area contributed by atoms with Gasteiger partial charge in [-0.1, -0.05) is 66.7 Å². The number of alkyl carbamates (subject to hydrolysis) is 1. The number of aromatic nitrogens is 1. The fourth-order valence-electron chi connectivity index (χ4n) is 4.73. The second-order valence-corrected chi connectivity index (χ2v) is 9.25. The molecule has 1 N–H and O–H groups in total. The summed E-state index contributed by atoms with van der Waals surface area (Å²) in [6.07, 6.45) is 1.33. The van der Waals surface area contributed by atoms with Crippen LogP contribution in [0.4, 0.5) is 10.5 Å². The lowest BCUT2D eigenvalue weighted by atomic mass is 10.1. The third kappa shape index (κ3) is 7.32. The Bertz CT molecular complexity index is 1620. The fourth-order valence-corrected chi connectivity index (χ4v) is 4.73. The molecule has 5 rings (SSSR count). The fraction of sp³-hybridized carbons (Fsp3) is 0.182. The highest BCUT2D eigenvalue weighted by Crippen LogP contribution is 2.25. The first kappa shape index (κ1) is 29.8. The highest BCUT2D eigenvalue weighted by molar-refractivity contribution is 6.07. The molecule has 8 heteroatoms. The minimum Gasteiger partial charge on any atom is -1.00 e. The van der Waals surface area contributed by atoms with Gasteiger partial charge in [0.15, 0.2) is 6.20 Å². The number of anilines is 1. The molecule has 4 aromatic carbocycles. The number of benzene rings is 4. The van der Waals surface area contributed by atoms with Gasteiger partial charge in [0.1, 0.15) is 31.1 Å². The Morgan fingerprint density at radius 1 is 0.829 bits per heavy atom. The van der Waals surface area contributed by atoms with Gasteiger partial charge in [0.25, 0.3) is 5.91 Å². The number of nitrogens with zero attached hydrogens (tertiary/aromatic N) is 2. The van der Waals surface area contributed by atoms with Crippen LogP contribution in [0.5, 0.6) is 5.75 Å². The van der Waals surface area contributed by atoms with E-state index in [-0.39, 0.29) is 56.2 Å². The number of hydrogen-bond acceptors (Lipinski definition) is 4. The third-order valence-electron chi connectivity index (χ3n) is 6.68. The van der Waals surface area contributed by atoms with Crippen LogP contribution in [-0.4, -0.2) is 38.3 Å². The quantitative estimate of drug-likeness (QED) is 0.142. The maximum atomic E-state index is 13.7. The van der Waals surface area contributed by atoms with E-state index in [2.05, 4.69) is 16.8 Å². The number of rotatable bonds is 10. The molecule has 1 aromatic heterocycles. The van der Waals surface area contributed by atoms with E-state index < -0.39 is 6.09 Å². The first-order valence-electron chi connectivity index (χ1n) is 13.4. The van der Waals surface area contributed by atoms with Gasteiger partial charge in [0.05, 0.1) is 0 Å². The van der Waals surface area contributed by atoms with Crippen molar-refractivity contribution in [2.45, 2.75) is 13.5 Å². The number of amides is 2. The highest BCUT2D eigenvalue weighted by Gasteiger charge is 2.22. The molecule has 0 bridgehead atoms. The van der Waals surface area contributed by atoms with Gasteiger partial charge in [0, 0.05) is 35.6 Å². The molecule has 5 aromatic rings. The smallest absolute Gasteiger partial charge is 0.407 e. The van der Waals surface area contributed by atoms with Crippen molar-refractivity contribution < 1.29 is 47.6 Å². The van der Waals surface area contributed by atoms with E-state index in [0.717, 1.165) is 39.7 Å². The summed E-state index contributed by atoms with van der Waals surface area (Å²) in [6, 6.07) is 33.2. The second-order valence-electron chi connectivity index (χ2n) is 9.25. The maximum Gasteiger partial charge on any atom is 0.407 e. The summed E-state index contributed by atoms with van der Waals surface area (Å²) in [5, 5.41) is 5.85. The first-order valence-corrected chi connectivity index (χ1v) is 13.4. The van der Waals surface area contributed by atoms with E-state index in [1.807, 2.05) is 109 Å². The summed E-state index contributed by atoms with van der Waals surface area (Å²) in [5.74, 6) is 0.606. The molecule has 0 aliphatic heterocycles. The zero-order valence-electron chi connectivity index (χ0n) is 22.8. The van der Waals surface area contributed by atoms with Crippen molar-refractivity contribution in [3.05, 3.63) is 115 Å². The molecule has 0 radical (unpaired) electrons. The number of para-hydroxylation sites is 2. The zero-order chi connectivity index (χ0) is 27.7. The van der Waals surface area contributed by atoms with E-state index in [1.54, 1.807) is 4.90 Å². The van der Waals surface area contributed by atoms with Crippen molar-refractivity contribution in [3.8, 4) is 5.75 Å². The van der Waals surface area contributed by atoms with Crippen LogP contribution in [0.3, 0.4) is 0 Å². The number of nitrogens with one attached hydrogen (secondary N) is 1. The van der Waals surface area contributed by atoms with Crippen molar-refractivity contribution in [2.75, 3.05) is 31.2 Å². The molecule has 0 fully saturated rings. The Balaban J connectivity index is 0.00000387. The van der Waals surface area contributed by atoms with Crippen molar-refractivity contribution in [1.82, 2.24) is 5.32 Å².